The summed E-state index contributed by atoms with van der Waals surface area (Å²) >= 11 is 0. The Hall–Kier alpha value is -0.180. The zero-order valence-electron chi connectivity index (χ0n) is 12.6. The molecule has 0 aromatic rings. The van der Waals surface area contributed by atoms with Crippen molar-refractivity contribution in [2.24, 2.45) is 9.69 Å². The molecule has 6 nitrogen and oxygen atoms in total. The molecule has 1 saturated heterocycles. The van der Waals surface area contributed by atoms with Crippen molar-refractivity contribution in [3.05, 3.63) is 0 Å². The number of nitrogens with zero attached hydrogens (tertiary/aromatic N) is 2. The Kier molecular flexibility index (Phi) is 5.67. The minimum absolute atomic E-state index is 0.274. The van der Waals surface area contributed by atoms with Gasteiger partial charge in [0.2, 0.25) is 0 Å². The molecule has 1 saturated carbocycles. The van der Waals surface area contributed by atoms with Gasteiger partial charge in [0.05, 0.1) is 22.1 Å². The summed E-state index contributed by atoms with van der Waals surface area (Å²) < 4.78 is 38.1. The number of aliphatic hydroxyl groups is 1. The first-order valence-electron chi connectivity index (χ1n) is 7.60. The molecule has 1 atom stereocenters. The molecule has 0 amide bonds. The molecule has 124 valence electrons. The van der Waals surface area contributed by atoms with Gasteiger partial charge in [-0.15, -0.1) is 3.77 Å². The first-order chi connectivity index (χ1) is 9.76. The Labute approximate surface area is 128 Å². The van der Waals surface area contributed by atoms with E-state index in [-0.39, 0.29) is 17.6 Å². The molecule has 0 aromatic carbocycles. The van der Waals surface area contributed by atoms with Crippen molar-refractivity contribution in [2.75, 3.05) is 37.4 Å². The van der Waals surface area contributed by atoms with E-state index in [1.807, 2.05) is 0 Å². The lowest BCUT2D eigenvalue weighted by molar-refractivity contribution is 0.0951. The lowest BCUT2D eigenvalue weighted by atomic mass is 10.00. The molecule has 2 rings (SSSR count). The third-order valence-electron chi connectivity index (χ3n) is 4.27. The van der Waals surface area contributed by atoms with E-state index in [4.69, 9.17) is 0 Å². The highest BCUT2D eigenvalue weighted by atomic mass is 32.3. The van der Waals surface area contributed by atoms with E-state index in [1.54, 1.807) is 0 Å². The minimum atomic E-state index is -3.56. The molecule has 1 aliphatic heterocycles. The number of β-amino-alcohol motifs (C(OH)–C–C–N with tert-alkyl or cyclic N) is 1. The van der Waals surface area contributed by atoms with E-state index < -0.39 is 19.8 Å². The molecule has 8 heteroatoms. The summed E-state index contributed by atoms with van der Waals surface area (Å²) in [6, 6.07) is 0. The molecule has 2 aliphatic rings. The van der Waals surface area contributed by atoms with Crippen LogP contribution in [-0.2, 0) is 19.8 Å². The van der Waals surface area contributed by atoms with Crippen molar-refractivity contribution in [1.82, 2.24) is 4.90 Å². The van der Waals surface area contributed by atoms with Crippen LogP contribution in [0.2, 0.25) is 0 Å². The van der Waals surface area contributed by atoms with E-state index in [1.165, 1.54) is 25.7 Å². The molecule has 21 heavy (non-hydrogen) atoms. The van der Waals surface area contributed by atoms with Crippen LogP contribution >= 0.6 is 0 Å². The smallest absolute Gasteiger partial charge is 0.257 e. The second-order valence-corrected chi connectivity index (χ2v) is 10.8. The molecule has 2 fully saturated rings. The van der Waals surface area contributed by atoms with Gasteiger partial charge in [0, 0.05) is 31.1 Å². The van der Waals surface area contributed by atoms with Crippen LogP contribution in [0.25, 0.3) is 0 Å². The molecule has 0 aromatic heterocycles. The third-order valence-corrected chi connectivity index (χ3v) is 8.08. The maximum absolute atomic E-state index is 12.3. The number of sulfonamides is 1. The Morgan fingerprint density at radius 1 is 1.29 bits per heavy atom. The molecule has 1 heterocycles. The van der Waals surface area contributed by atoms with Crippen molar-refractivity contribution in [3.8, 4) is 0 Å². The molecular weight excluding hydrogens is 312 g/mol. The highest BCUT2D eigenvalue weighted by molar-refractivity contribution is 8.03. The van der Waals surface area contributed by atoms with Crippen molar-refractivity contribution in [1.29, 1.82) is 0 Å². The minimum Gasteiger partial charge on any atom is -0.392 e. The van der Waals surface area contributed by atoms with Gasteiger partial charge >= 0.3 is 0 Å². The number of hydrogen-bond donors (Lipinski definition) is 1. The Morgan fingerprint density at radius 2 is 1.86 bits per heavy atom. The first kappa shape index (κ1) is 17.2. The quantitative estimate of drug-likeness (QED) is 0.796. The van der Waals surface area contributed by atoms with E-state index in [0.29, 0.717) is 25.6 Å². The first-order valence-corrected chi connectivity index (χ1v) is 11.3. The highest BCUT2D eigenvalue weighted by Gasteiger charge is 2.25. The number of rotatable bonds is 5. The summed E-state index contributed by atoms with van der Waals surface area (Å²) in [6.45, 7) is 1.67. The fourth-order valence-corrected chi connectivity index (χ4v) is 7.13. The van der Waals surface area contributed by atoms with Crippen LogP contribution in [-0.4, -0.2) is 66.1 Å². The summed E-state index contributed by atoms with van der Waals surface area (Å²) in [4.78, 5) is 2.07. The zero-order valence-corrected chi connectivity index (χ0v) is 14.2. The van der Waals surface area contributed by atoms with Gasteiger partial charge < -0.3 is 5.11 Å². The Balaban J connectivity index is 1.81. The Morgan fingerprint density at radius 3 is 2.38 bits per heavy atom. The van der Waals surface area contributed by atoms with Gasteiger partial charge in [-0.05, 0) is 12.3 Å². The Bertz CT molecular complexity index is 547. The average molecular weight is 338 g/mol. The predicted octanol–water partition coefficient (Wildman–Crippen LogP) is 0.671. The van der Waals surface area contributed by atoms with Gasteiger partial charge in [0.25, 0.3) is 10.0 Å². The maximum atomic E-state index is 12.3. The van der Waals surface area contributed by atoms with Gasteiger partial charge in [0.1, 0.15) is 0 Å². The van der Waals surface area contributed by atoms with Crippen molar-refractivity contribution >= 4 is 19.8 Å². The summed E-state index contributed by atoms with van der Waals surface area (Å²) in [5.41, 5.74) is 0. The van der Waals surface area contributed by atoms with Crippen LogP contribution in [0.4, 0.5) is 0 Å². The summed E-state index contributed by atoms with van der Waals surface area (Å²) in [5.74, 6) is 1.20. The van der Waals surface area contributed by atoms with Crippen LogP contribution in [0.3, 0.4) is 0 Å². The van der Waals surface area contributed by atoms with Crippen molar-refractivity contribution in [3.63, 3.8) is 0 Å². The van der Waals surface area contributed by atoms with E-state index in [0.717, 1.165) is 12.7 Å². The lowest BCUT2D eigenvalue weighted by Crippen LogP contribution is -2.44. The fraction of sp³-hybridized carbons (Fsp3) is 1.00. The predicted molar refractivity (Wildman–Crippen MR) is 84.2 cm³/mol. The van der Waals surface area contributed by atoms with Crippen LogP contribution < -0.4 is 0 Å². The SMILES string of the molecule is CS(=O)(=O)N=S1(=O)CCN(CC(O)CC2CCCC2)CC1. The molecule has 0 spiro atoms. The lowest BCUT2D eigenvalue weighted by Gasteiger charge is -2.30. The summed E-state index contributed by atoms with van der Waals surface area (Å²) in [7, 11) is -6.18. The third kappa shape index (κ3) is 5.84. The molecule has 0 radical (unpaired) electrons. The highest BCUT2D eigenvalue weighted by Crippen LogP contribution is 2.28. The van der Waals surface area contributed by atoms with Gasteiger partial charge in [0.15, 0.2) is 0 Å². The van der Waals surface area contributed by atoms with E-state index in [9.17, 15) is 17.7 Å². The second-order valence-electron chi connectivity index (χ2n) is 6.33. The molecular formula is C13H26N2O4S2. The molecule has 1 N–H and O–H groups in total. The fourth-order valence-electron chi connectivity index (χ4n) is 3.26. The molecule has 1 aliphatic carbocycles. The topological polar surface area (TPSA) is 87.0 Å². The van der Waals surface area contributed by atoms with Gasteiger partial charge in [-0.1, -0.05) is 25.7 Å². The number of aliphatic hydroxyl groups excluding tert-OH is 1. The van der Waals surface area contributed by atoms with Gasteiger partial charge in [-0.3, -0.25) is 4.90 Å². The average Bonchev–Trinajstić information content (AvgIpc) is 2.82. The van der Waals surface area contributed by atoms with Gasteiger partial charge in [-0.2, -0.15) is 0 Å². The van der Waals surface area contributed by atoms with Crippen LogP contribution in [0.15, 0.2) is 3.77 Å². The van der Waals surface area contributed by atoms with Crippen LogP contribution in [0.1, 0.15) is 32.1 Å². The van der Waals surface area contributed by atoms with Gasteiger partial charge in [-0.25, -0.2) is 12.6 Å². The van der Waals surface area contributed by atoms with E-state index in [2.05, 4.69) is 8.67 Å². The maximum Gasteiger partial charge on any atom is 0.257 e. The van der Waals surface area contributed by atoms with Crippen LogP contribution in [0.5, 0.6) is 0 Å². The summed E-state index contributed by atoms with van der Waals surface area (Å²) in [6.07, 6.45) is 6.48. The molecule has 1 unspecified atom stereocenters. The second kappa shape index (κ2) is 6.93. The number of hydrogen-bond acceptors (Lipinski definition) is 5. The summed E-state index contributed by atoms with van der Waals surface area (Å²) in [5, 5.41) is 10.1. The molecule has 0 bridgehead atoms. The zero-order chi connectivity index (χ0) is 15.5. The normalized spacial score (nSPS) is 25.8. The van der Waals surface area contributed by atoms with Crippen molar-refractivity contribution < 1.29 is 17.7 Å². The van der Waals surface area contributed by atoms with Crippen molar-refractivity contribution in [2.45, 2.75) is 38.2 Å². The largest absolute Gasteiger partial charge is 0.392 e. The standard InChI is InChI=1S/C13H26N2O4S2/c1-20(17,18)14-21(19)8-6-15(7-9-21)11-13(16)10-12-4-2-3-5-12/h12-13,16H,2-11H2,1H3. The van der Waals surface area contributed by atoms with Crippen LogP contribution in [0, 0.1) is 5.92 Å². The van der Waals surface area contributed by atoms with E-state index >= 15 is 0 Å². The monoisotopic (exact) mass is 338 g/mol.